The summed E-state index contributed by atoms with van der Waals surface area (Å²) in [7, 11) is 0. The summed E-state index contributed by atoms with van der Waals surface area (Å²) in [6, 6.07) is 14.9. The minimum absolute atomic E-state index is 0.00593. The molecule has 0 radical (unpaired) electrons. The van der Waals surface area contributed by atoms with E-state index in [-0.39, 0.29) is 52.8 Å². The average molecular weight is 553 g/mol. The molecule has 0 unspecified atom stereocenters. The number of carbonyl (C=O) groups is 1. The summed E-state index contributed by atoms with van der Waals surface area (Å²) in [6.07, 6.45) is 6.55. The molecular formula is C32H38ClFN2O3. The van der Waals surface area contributed by atoms with Crippen LogP contribution in [-0.4, -0.2) is 45.0 Å². The van der Waals surface area contributed by atoms with Gasteiger partial charge in [-0.3, -0.25) is 4.79 Å². The van der Waals surface area contributed by atoms with Crippen molar-refractivity contribution in [3.63, 3.8) is 0 Å². The maximum Gasteiger partial charge on any atom is 0.242 e. The monoisotopic (exact) mass is 552 g/mol. The molecule has 39 heavy (non-hydrogen) atoms. The molecule has 2 fully saturated rings. The number of carbonyl (C=O) groups excluding carboxylic acids is 1. The Balaban J connectivity index is 1.19. The van der Waals surface area contributed by atoms with Crippen LogP contribution in [0.4, 0.5) is 4.39 Å². The smallest absolute Gasteiger partial charge is 0.242 e. The standard InChI is InChI=1S/C32H38ClFN2O3/c1-31(2,33)13-6-14-32(3)25-17-22-19-36(29(37)20-35-15-11-21-9-10-23(34)18-26(21)35)16-12-27(22)38-30(25)24-7-4-5-8-28(24)39-32/h4-5,7-11,15,18,22,25,27,30H,6,12-14,16-17,19-20H2,1-3H3/t22-,25-,27-,30+,32+/m0/s1. The van der Waals surface area contributed by atoms with E-state index in [4.69, 9.17) is 21.1 Å². The Morgan fingerprint density at radius 2 is 2.03 bits per heavy atom. The average Bonchev–Trinajstić information content (AvgIpc) is 3.28. The fourth-order valence-electron chi connectivity index (χ4n) is 7.01. The molecular weight excluding hydrogens is 515 g/mol. The Hall–Kier alpha value is -2.57. The van der Waals surface area contributed by atoms with Crippen LogP contribution in [0, 0.1) is 17.7 Å². The summed E-state index contributed by atoms with van der Waals surface area (Å²) in [5, 5.41) is 0.934. The summed E-state index contributed by atoms with van der Waals surface area (Å²) in [5.74, 6) is 1.14. The third kappa shape index (κ3) is 5.30. The van der Waals surface area contributed by atoms with Crippen LogP contribution in [0.5, 0.6) is 5.75 Å². The van der Waals surface area contributed by atoms with Gasteiger partial charge in [0, 0.05) is 41.6 Å². The summed E-state index contributed by atoms with van der Waals surface area (Å²) in [5.41, 5.74) is 1.52. The maximum atomic E-state index is 13.9. The molecule has 3 aliphatic heterocycles. The number of amides is 1. The van der Waals surface area contributed by atoms with Crippen molar-refractivity contribution >= 4 is 28.4 Å². The minimum Gasteiger partial charge on any atom is -0.487 e. The highest BCUT2D eigenvalue weighted by Crippen LogP contribution is 2.54. The lowest BCUT2D eigenvalue weighted by Gasteiger charge is -2.54. The van der Waals surface area contributed by atoms with Crippen LogP contribution >= 0.6 is 11.6 Å². The van der Waals surface area contributed by atoms with Crippen molar-refractivity contribution in [1.82, 2.24) is 9.47 Å². The van der Waals surface area contributed by atoms with Crippen molar-refractivity contribution < 1.29 is 18.7 Å². The summed E-state index contributed by atoms with van der Waals surface area (Å²) < 4.78 is 29.3. The van der Waals surface area contributed by atoms with Crippen LogP contribution in [0.1, 0.15) is 64.5 Å². The van der Waals surface area contributed by atoms with E-state index in [1.807, 2.05) is 27.8 Å². The Morgan fingerprint density at radius 1 is 1.21 bits per heavy atom. The maximum absolute atomic E-state index is 13.9. The molecule has 6 rings (SSSR count). The lowest BCUT2D eigenvalue weighted by atomic mass is 9.68. The van der Waals surface area contributed by atoms with Crippen molar-refractivity contribution in [3.05, 3.63) is 66.1 Å². The highest BCUT2D eigenvalue weighted by atomic mass is 35.5. The van der Waals surface area contributed by atoms with Gasteiger partial charge in [-0.05, 0) is 88.6 Å². The van der Waals surface area contributed by atoms with E-state index in [1.165, 1.54) is 12.1 Å². The number of ether oxygens (including phenoxy) is 2. The normalized spacial score (nSPS) is 28.4. The lowest BCUT2D eigenvalue weighted by Crippen LogP contribution is -2.57. The van der Waals surface area contributed by atoms with Crippen LogP contribution < -0.4 is 4.74 Å². The Morgan fingerprint density at radius 3 is 2.85 bits per heavy atom. The van der Waals surface area contributed by atoms with Crippen molar-refractivity contribution in [2.24, 2.45) is 11.8 Å². The van der Waals surface area contributed by atoms with Crippen molar-refractivity contribution in [3.8, 4) is 5.75 Å². The highest BCUT2D eigenvalue weighted by molar-refractivity contribution is 6.23. The van der Waals surface area contributed by atoms with Crippen LogP contribution in [-0.2, 0) is 16.1 Å². The number of aromatic nitrogens is 1. The van der Waals surface area contributed by atoms with E-state index in [9.17, 15) is 9.18 Å². The Kier molecular flexibility index (Phi) is 6.91. The molecule has 0 bridgehead atoms. The molecule has 2 aromatic carbocycles. The molecule has 1 amide bonds. The third-order valence-corrected chi connectivity index (χ3v) is 9.29. The van der Waals surface area contributed by atoms with Gasteiger partial charge in [-0.2, -0.15) is 0 Å². The first-order valence-corrected chi connectivity index (χ1v) is 14.6. The molecule has 3 aliphatic rings. The molecule has 7 heteroatoms. The van der Waals surface area contributed by atoms with Crippen molar-refractivity contribution in [1.29, 1.82) is 0 Å². The fourth-order valence-corrected chi connectivity index (χ4v) is 7.14. The van der Waals surface area contributed by atoms with Gasteiger partial charge in [0.05, 0.1) is 17.7 Å². The highest BCUT2D eigenvalue weighted by Gasteiger charge is 2.53. The van der Waals surface area contributed by atoms with Gasteiger partial charge in [0.25, 0.3) is 0 Å². The van der Waals surface area contributed by atoms with Gasteiger partial charge >= 0.3 is 0 Å². The van der Waals surface area contributed by atoms with Gasteiger partial charge in [-0.25, -0.2) is 4.39 Å². The third-order valence-electron chi connectivity index (χ3n) is 9.10. The number of benzene rings is 2. The number of piperidine rings is 1. The zero-order valence-corrected chi connectivity index (χ0v) is 23.8. The topological polar surface area (TPSA) is 43.7 Å². The molecule has 4 heterocycles. The number of para-hydroxylation sites is 1. The number of halogens is 2. The number of rotatable bonds is 6. The molecule has 2 saturated heterocycles. The number of fused-ring (bicyclic) bond motifs is 5. The van der Waals surface area contributed by atoms with Crippen LogP contribution in [0.15, 0.2) is 54.7 Å². The second-order valence-corrected chi connectivity index (χ2v) is 13.5. The molecule has 208 valence electrons. The van der Waals surface area contributed by atoms with Gasteiger partial charge in [0.1, 0.15) is 23.7 Å². The van der Waals surface area contributed by atoms with E-state index < -0.39 is 0 Å². The summed E-state index contributed by atoms with van der Waals surface area (Å²) in [4.78, 5) is 15.1. The van der Waals surface area contributed by atoms with Gasteiger partial charge in [0.15, 0.2) is 0 Å². The van der Waals surface area contributed by atoms with Crippen LogP contribution in [0.2, 0.25) is 0 Å². The fraction of sp³-hybridized carbons (Fsp3) is 0.531. The Labute approximate surface area is 235 Å². The molecule has 5 nitrogen and oxygen atoms in total. The second-order valence-electron chi connectivity index (χ2n) is 12.5. The molecule has 1 aromatic heterocycles. The second kappa shape index (κ2) is 10.1. The molecule has 5 atom stereocenters. The Bertz CT molecular complexity index is 1370. The van der Waals surface area contributed by atoms with Gasteiger partial charge in [-0.1, -0.05) is 18.2 Å². The van der Waals surface area contributed by atoms with E-state index in [2.05, 4.69) is 39.0 Å². The predicted octanol–water partition coefficient (Wildman–Crippen LogP) is 7.11. The van der Waals surface area contributed by atoms with Crippen molar-refractivity contribution in [2.45, 2.75) is 82.1 Å². The number of likely N-dealkylation sites (tertiary alicyclic amines) is 1. The lowest BCUT2D eigenvalue weighted by molar-refractivity contribution is -0.194. The minimum atomic E-state index is -0.369. The zero-order chi connectivity index (χ0) is 27.4. The zero-order valence-electron chi connectivity index (χ0n) is 23.0. The largest absolute Gasteiger partial charge is 0.487 e. The number of nitrogens with zero attached hydrogens (tertiary/aromatic N) is 2. The van der Waals surface area contributed by atoms with E-state index in [0.717, 1.165) is 54.3 Å². The molecule has 0 spiro atoms. The predicted molar refractivity (Wildman–Crippen MR) is 152 cm³/mol. The quantitative estimate of drug-likeness (QED) is 0.306. The number of hydrogen-bond acceptors (Lipinski definition) is 3. The van der Waals surface area contributed by atoms with E-state index in [1.54, 1.807) is 6.07 Å². The first-order valence-electron chi connectivity index (χ1n) is 14.2. The molecule has 0 aliphatic carbocycles. The van der Waals surface area contributed by atoms with E-state index >= 15 is 0 Å². The molecule has 0 saturated carbocycles. The first-order chi connectivity index (χ1) is 18.6. The van der Waals surface area contributed by atoms with Gasteiger partial charge in [-0.15, -0.1) is 11.6 Å². The summed E-state index contributed by atoms with van der Waals surface area (Å²) >= 11 is 6.52. The van der Waals surface area contributed by atoms with Crippen LogP contribution in [0.25, 0.3) is 10.9 Å². The van der Waals surface area contributed by atoms with Gasteiger partial charge < -0.3 is 18.9 Å². The number of alkyl halides is 1. The molecule has 0 N–H and O–H groups in total. The summed E-state index contributed by atoms with van der Waals surface area (Å²) in [6.45, 7) is 7.91. The van der Waals surface area contributed by atoms with Crippen LogP contribution in [0.3, 0.4) is 0 Å². The molecule has 3 aromatic rings. The van der Waals surface area contributed by atoms with Crippen molar-refractivity contribution in [2.75, 3.05) is 13.1 Å². The number of hydrogen-bond donors (Lipinski definition) is 0. The van der Waals surface area contributed by atoms with Gasteiger partial charge in [0.2, 0.25) is 5.91 Å². The van der Waals surface area contributed by atoms with E-state index in [0.29, 0.717) is 13.1 Å². The first kappa shape index (κ1) is 26.6. The SMILES string of the molecule is CC(C)(Cl)CCC[C@@]1(C)Oc2ccccc2[C@H]2O[C@H]3CCN(C(=O)Cn4ccc5ccc(F)cc54)C[C@@H]3C[C@@H]21.